The molecule has 2 fully saturated rings. The maximum absolute atomic E-state index is 3.55. The summed E-state index contributed by atoms with van der Waals surface area (Å²) in [4.78, 5) is 2.62. The molecule has 2 aliphatic rings. The van der Waals surface area contributed by atoms with E-state index in [1.807, 2.05) is 0 Å². The van der Waals surface area contributed by atoms with Gasteiger partial charge in [0.1, 0.15) is 0 Å². The van der Waals surface area contributed by atoms with Crippen molar-refractivity contribution in [1.82, 2.24) is 10.2 Å². The molecule has 11 heavy (non-hydrogen) atoms. The summed E-state index contributed by atoms with van der Waals surface area (Å²) >= 11 is 0. The highest BCUT2D eigenvalue weighted by Gasteiger charge is 2.35. The molecule has 0 aromatic carbocycles. The van der Waals surface area contributed by atoms with Gasteiger partial charge in [-0.3, -0.25) is 4.90 Å². The first kappa shape index (κ1) is 7.56. The predicted octanol–water partition coefficient (Wildman–Crippen LogP) is 0.833. The topological polar surface area (TPSA) is 15.3 Å². The Morgan fingerprint density at radius 1 is 1.45 bits per heavy atom. The highest BCUT2D eigenvalue weighted by molar-refractivity contribution is 4.94. The number of fused-ring (bicyclic) bond motifs is 2. The molecular weight excluding hydrogens is 136 g/mol. The van der Waals surface area contributed by atoms with E-state index in [2.05, 4.69) is 24.1 Å². The Balaban J connectivity index is 2.09. The lowest BCUT2D eigenvalue weighted by atomic mass is 9.87. The van der Waals surface area contributed by atoms with Crippen LogP contribution in [0.3, 0.4) is 0 Å². The van der Waals surface area contributed by atoms with Gasteiger partial charge < -0.3 is 5.32 Å². The van der Waals surface area contributed by atoms with E-state index in [1.165, 1.54) is 32.5 Å². The summed E-state index contributed by atoms with van der Waals surface area (Å²) in [5.41, 5.74) is 0.471. The van der Waals surface area contributed by atoms with Gasteiger partial charge in [-0.15, -0.1) is 0 Å². The molecule has 2 nitrogen and oxygen atoms in total. The Morgan fingerprint density at radius 2 is 2.27 bits per heavy atom. The summed E-state index contributed by atoms with van der Waals surface area (Å²) in [5.74, 6) is 0. The third-order valence-electron chi connectivity index (χ3n) is 3.22. The highest BCUT2D eigenvalue weighted by Crippen LogP contribution is 2.28. The molecule has 2 heteroatoms. The van der Waals surface area contributed by atoms with Crippen molar-refractivity contribution >= 4 is 0 Å². The Kier molecular flexibility index (Phi) is 1.69. The first-order valence-corrected chi connectivity index (χ1v) is 4.67. The second-order valence-corrected chi connectivity index (χ2v) is 4.45. The van der Waals surface area contributed by atoms with E-state index in [9.17, 15) is 0 Å². The molecule has 2 unspecified atom stereocenters. The van der Waals surface area contributed by atoms with E-state index in [4.69, 9.17) is 0 Å². The van der Waals surface area contributed by atoms with Crippen LogP contribution in [0, 0.1) is 0 Å². The third kappa shape index (κ3) is 1.30. The van der Waals surface area contributed by atoms with Gasteiger partial charge in [-0.25, -0.2) is 0 Å². The smallest absolute Gasteiger partial charge is 0.0196 e. The average Bonchev–Trinajstić information content (AvgIpc) is 2.00. The van der Waals surface area contributed by atoms with Crippen molar-refractivity contribution in [3.05, 3.63) is 0 Å². The normalized spacial score (nSPS) is 42.0. The number of nitrogens with zero attached hydrogens (tertiary/aromatic N) is 1. The van der Waals surface area contributed by atoms with Crippen LogP contribution in [0.1, 0.15) is 26.7 Å². The van der Waals surface area contributed by atoms with Crippen LogP contribution >= 0.6 is 0 Å². The number of nitrogens with one attached hydrogen (secondary N) is 1. The first-order valence-electron chi connectivity index (χ1n) is 4.67. The minimum atomic E-state index is 0.471. The molecule has 0 amide bonds. The second-order valence-electron chi connectivity index (χ2n) is 4.45. The quantitative estimate of drug-likeness (QED) is 0.556. The molecule has 0 aromatic heterocycles. The fourth-order valence-electron chi connectivity index (χ4n) is 2.25. The summed E-state index contributed by atoms with van der Waals surface area (Å²) < 4.78 is 0. The molecule has 64 valence electrons. The largest absolute Gasteiger partial charge is 0.311 e. The molecule has 2 aliphatic heterocycles. The van der Waals surface area contributed by atoms with Gasteiger partial charge in [-0.2, -0.15) is 0 Å². The molecule has 1 N–H and O–H groups in total. The van der Waals surface area contributed by atoms with Crippen molar-refractivity contribution in [1.29, 1.82) is 0 Å². The van der Waals surface area contributed by atoms with Gasteiger partial charge in [-0.1, -0.05) is 0 Å². The van der Waals surface area contributed by atoms with Crippen molar-refractivity contribution in [3.63, 3.8) is 0 Å². The van der Waals surface area contributed by atoms with Crippen molar-refractivity contribution in [2.24, 2.45) is 0 Å². The van der Waals surface area contributed by atoms with E-state index in [1.54, 1.807) is 0 Å². The maximum Gasteiger partial charge on any atom is 0.0196 e. The Bertz CT molecular complexity index is 154. The van der Waals surface area contributed by atoms with Crippen LogP contribution in [-0.2, 0) is 0 Å². The first-order chi connectivity index (χ1) is 5.18. The standard InChI is InChI=1S/C9H18N2/c1-9(2)4-3-8-7-11(9)6-5-10-8/h8,10H,3-7H2,1-2H3. The van der Waals surface area contributed by atoms with Crippen LogP contribution in [0.25, 0.3) is 0 Å². The molecule has 0 spiro atoms. The predicted molar refractivity (Wildman–Crippen MR) is 46.7 cm³/mol. The summed E-state index contributed by atoms with van der Waals surface area (Å²) in [6.07, 6.45) is 2.72. The fraction of sp³-hybridized carbons (Fsp3) is 1.00. The average molecular weight is 154 g/mol. The van der Waals surface area contributed by atoms with Crippen LogP contribution in [0.4, 0.5) is 0 Å². The van der Waals surface area contributed by atoms with Crippen molar-refractivity contribution in [2.45, 2.75) is 38.3 Å². The number of piperazine rings is 1. The summed E-state index contributed by atoms with van der Waals surface area (Å²) in [6, 6.07) is 0.789. The second kappa shape index (κ2) is 2.46. The van der Waals surface area contributed by atoms with Crippen LogP contribution in [0.5, 0.6) is 0 Å². The summed E-state index contributed by atoms with van der Waals surface area (Å²) in [5, 5.41) is 3.55. The van der Waals surface area contributed by atoms with E-state index in [0.717, 1.165) is 6.04 Å². The van der Waals surface area contributed by atoms with Crippen LogP contribution < -0.4 is 5.32 Å². The molecule has 2 rings (SSSR count). The lowest BCUT2D eigenvalue weighted by Gasteiger charge is -2.49. The number of hydrogen-bond acceptors (Lipinski definition) is 2. The van der Waals surface area contributed by atoms with Gasteiger partial charge in [-0.05, 0) is 26.7 Å². The Labute approximate surface area is 69.0 Å². The van der Waals surface area contributed by atoms with Gasteiger partial charge in [0.2, 0.25) is 0 Å². The molecule has 2 atom stereocenters. The summed E-state index contributed by atoms with van der Waals surface area (Å²) in [7, 11) is 0. The molecule has 0 aromatic rings. The maximum atomic E-state index is 3.55. The monoisotopic (exact) mass is 154 g/mol. The number of hydrogen-bond donors (Lipinski definition) is 1. The van der Waals surface area contributed by atoms with Gasteiger partial charge in [0.25, 0.3) is 0 Å². The zero-order valence-corrected chi connectivity index (χ0v) is 7.56. The van der Waals surface area contributed by atoms with Gasteiger partial charge in [0, 0.05) is 31.2 Å². The van der Waals surface area contributed by atoms with Crippen LogP contribution in [0.15, 0.2) is 0 Å². The van der Waals surface area contributed by atoms with Crippen molar-refractivity contribution in [2.75, 3.05) is 19.6 Å². The zero-order chi connectivity index (χ0) is 7.90. The third-order valence-corrected chi connectivity index (χ3v) is 3.22. The Morgan fingerprint density at radius 3 is 3.00 bits per heavy atom. The van der Waals surface area contributed by atoms with Crippen LogP contribution in [0.2, 0.25) is 0 Å². The molecule has 0 saturated carbocycles. The molecule has 0 radical (unpaired) electrons. The van der Waals surface area contributed by atoms with E-state index in [0.29, 0.717) is 5.54 Å². The molecule has 2 heterocycles. The number of rotatable bonds is 0. The lowest BCUT2D eigenvalue weighted by Crippen LogP contribution is -2.61. The molecule has 2 saturated heterocycles. The molecule has 2 bridgehead atoms. The van der Waals surface area contributed by atoms with E-state index in [-0.39, 0.29) is 0 Å². The fourth-order valence-corrected chi connectivity index (χ4v) is 2.25. The van der Waals surface area contributed by atoms with E-state index < -0.39 is 0 Å². The highest BCUT2D eigenvalue weighted by atomic mass is 15.3. The minimum absolute atomic E-state index is 0.471. The lowest BCUT2D eigenvalue weighted by molar-refractivity contribution is 0.0334. The van der Waals surface area contributed by atoms with Gasteiger partial charge in [0.05, 0.1) is 0 Å². The van der Waals surface area contributed by atoms with Crippen molar-refractivity contribution < 1.29 is 0 Å². The number of piperidine rings is 1. The van der Waals surface area contributed by atoms with E-state index >= 15 is 0 Å². The van der Waals surface area contributed by atoms with Crippen molar-refractivity contribution in [3.8, 4) is 0 Å². The van der Waals surface area contributed by atoms with Crippen LogP contribution in [-0.4, -0.2) is 36.1 Å². The minimum Gasteiger partial charge on any atom is -0.311 e. The SMILES string of the molecule is CC1(C)CCC2CN1CCN2. The van der Waals surface area contributed by atoms with Gasteiger partial charge >= 0.3 is 0 Å². The molecule has 0 aliphatic carbocycles. The Hall–Kier alpha value is -0.0800. The zero-order valence-electron chi connectivity index (χ0n) is 7.56. The summed E-state index contributed by atoms with van der Waals surface area (Å²) in [6.45, 7) is 8.44. The molecular formula is C9H18N2. The van der Waals surface area contributed by atoms with Gasteiger partial charge in [0.15, 0.2) is 0 Å².